The van der Waals surface area contributed by atoms with E-state index in [0.29, 0.717) is 17.7 Å². The molecule has 0 saturated heterocycles. The zero-order valence-electron chi connectivity index (χ0n) is 15.3. The topological polar surface area (TPSA) is 90.6 Å². The number of rotatable bonds is 4. The second kappa shape index (κ2) is 7.28. The van der Waals surface area contributed by atoms with Crippen LogP contribution < -0.4 is 15.2 Å². The molecule has 2 N–H and O–H groups in total. The largest absolute Gasteiger partial charge is 0.474 e. The van der Waals surface area contributed by atoms with Gasteiger partial charge in [-0.1, -0.05) is 6.07 Å². The van der Waals surface area contributed by atoms with E-state index in [4.69, 9.17) is 15.2 Å². The third kappa shape index (κ3) is 3.54. The standard InChI is InChI=1S/C19H22N4O3S/c1-23(2)11-6-8-12(9-7-11)25-17-16-15-13(26-19(20)24)4-3-5-14(15)27-18(16)22-10-21-17/h3-5,10-12H,6-9H2,1-2H3,(H2,20,24)/t11-,12-. The molecule has 0 radical (unpaired) electrons. The number of carbonyl (C=O) groups excluding carboxylic acids is 1. The van der Waals surface area contributed by atoms with Gasteiger partial charge < -0.3 is 20.1 Å². The highest BCUT2D eigenvalue weighted by molar-refractivity contribution is 7.25. The third-order valence-corrected chi connectivity index (χ3v) is 6.15. The zero-order valence-corrected chi connectivity index (χ0v) is 16.2. The number of nitrogens with zero attached hydrogens (tertiary/aromatic N) is 3. The van der Waals surface area contributed by atoms with E-state index in [1.54, 1.807) is 6.07 Å². The number of benzene rings is 1. The number of thiophene rings is 1. The van der Waals surface area contributed by atoms with Crippen molar-refractivity contribution in [3.63, 3.8) is 0 Å². The van der Waals surface area contributed by atoms with Crippen LogP contribution >= 0.6 is 11.3 Å². The molecule has 1 amide bonds. The van der Waals surface area contributed by atoms with Gasteiger partial charge in [-0.05, 0) is 51.9 Å². The van der Waals surface area contributed by atoms with E-state index < -0.39 is 6.09 Å². The molecule has 0 spiro atoms. The van der Waals surface area contributed by atoms with E-state index in [1.165, 1.54) is 17.7 Å². The fraction of sp³-hybridized carbons (Fsp3) is 0.421. The molecule has 0 aliphatic heterocycles. The van der Waals surface area contributed by atoms with Gasteiger partial charge in [-0.2, -0.15) is 0 Å². The van der Waals surface area contributed by atoms with Gasteiger partial charge in [0.25, 0.3) is 0 Å². The van der Waals surface area contributed by atoms with Crippen LogP contribution in [0.3, 0.4) is 0 Å². The summed E-state index contributed by atoms with van der Waals surface area (Å²) in [4.78, 5) is 23.1. The molecule has 1 aliphatic carbocycles. The van der Waals surface area contributed by atoms with Gasteiger partial charge in [-0.15, -0.1) is 11.3 Å². The van der Waals surface area contributed by atoms with Crippen molar-refractivity contribution in [3.8, 4) is 11.6 Å². The van der Waals surface area contributed by atoms with Crippen LogP contribution in [-0.2, 0) is 0 Å². The number of hydrogen-bond acceptors (Lipinski definition) is 7. The van der Waals surface area contributed by atoms with Gasteiger partial charge in [0.15, 0.2) is 0 Å². The number of fused-ring (bicyclic) bond motifs is 3. The molecule has 7 nitrogen and oxygen atoms in total. The molecule has 1 aliphatic rings. The quantitative estimate of drug-likeness (QED) is 0.737. The second-order valence-corrected chi connectivity index (χ2v) is 8.05. The SMILES string of the molecule is CN(C)[C@H]1CC[C@H](Oc2ncnc3sc4cccc(OC(N)=O)c4c23)CC1. The third-order valence-electron chi connectivity index (χ3n) is 5.09. The van der Waals surface area contributed by atoms with Crippen LogP contribution in [0.1, 0.15) is 25.7 Å². The van der Waals surface area contributed by atoms with Crippen LogP contribution in [0, 0.1) is 0 Å². The summed E-state index contributed by atoms with van der Waals surface area (Å²) < 4.78 is 12.4. The van der Waals surface area contributed by atoms with Crippen molar-refractivity contribution < 1.29 is 14.3 Å². The van der Waals surface area contributed by atoms with Crippen LogP contribution in [-0.4, -0.2) is 47.2 Å². The molecule has 2 heterocycles. The average Bonchev–Trinajstić information content (AvgIpc) is 3.02. The van der Waals surface area contributed by atoms with Gasteiger partial charge >= 0.3 is 6.09 Å². The summed E-state index contributed by atoms with van der Waals surface area (Å²) in [7, 11) is 4.25. The predicted molar refractivity (Wildman–Crippen MR) is 105 cm³/mol. The number of carbonyl (C=O) groups is 1. The normalized spacial score (nSPS) is 20.3. The summed E-state index contributed by atoms with van der Waals surface area (Å²) in [6.07, 6.45) is 4.98. The highest BCUT2D eigenvalue weighted by Gasteiger charge is 2.25. The Morgan fingerprint density at radius 1 is 1.19 bits per heavy atom. The Kier molecular flexibility index (Phi) is 4.84. The van der Waals surface area contributed by atoms with Crippen LogP contribution in [0.15, 0.2) is 24.5 Å². The highest BCUT2D eigenvalue weighted by Crippen LogP contribution is 2.42. The first kappa shape index (κ1) is 17.9. The minimum atomic E-state index is -0.844. The van der Waals surface area contributed by atoms with Gasteiger partial charge in [-0.25, -0.2) is 14.8 Å². The van der Waals surface area contributed by atoms with E-state index in [1.807, 2.05) is 12.1 Å². The molecule has 27 heavy (non-hydrogen) atoms. The molecule has 0 atom stereocenters. The van der Waals surface area contributed by atoms with Crippen molar-refractivity contribution in [1.29, 1.82) is 0 Å². The monoisotopic (exact) mass is 386 g/mol. The maximum absolute atomic E-state index is 11.3. The van der Waals surface area contributed by atoms with E-state index in [0.717, 1.165) is 46.0 Å². The molecule has 8 heteroatoms. The highest BCUT2D eigenvalue weighted by atomic mass is 32.1. The molecule has 3 aromatic rings. The summed E-state index contributed by atoms with van der Waals surface area (Å²) in [6.45, 7) is 0. The zero-order chi connectivity index (χ0) is 19.0. The van der Waals surface area contributed by atoms with Crippen molar-refractivity contribution in [2.24, 2.45) is 5.73 Å². The van der Waals surface area contributed by atoms with Gasteiger partial charge in [0.2, 0.25) is 5.88 Å². The molecule has 1 fully saturated rings. The fourth-order valence-corrected chi connectivity index (χ4v) is 4.76. The average molecular weight is 386 g/mol. The van der Waals surface area contributed by atoms with Gasteiger partial charge in [0.1, 0.15) is 23.0 Å². The Labute approximate surface area is 161 Å². The molecular weight excluding hydrogens is 364 g/mol. The Bertz CT molecular complexity index is 980. The number of hydrogen-bond donors (Lipinski definition) is 1. The first-order valence-electron chi connectivity index (χ1n) is 8.99. The smallest absolute Gasteiger partial charge is 0.409 e. The summed E-state index contributed by atoms with van der Waals surface area (Å²) >= 11 is 1.51. The number of aromatic nitrogens is 2. The first-order chi connectivity index (χ1) is 13.0. The van der Waals surface area contributed by atoms with E-state index in [-0.39, 0.29) is 6.10 Å². The molecule has 0 bridgehead atoms. The van der Waals surface area contributed by atoms with Crippen LogP contribution in [0.4, 0.5) is 4.79 Å². The molecular formula is C19H22N4O3S. The molecule has 2 aromatic heterocycles. The lowest BCUT2D eigenvalue weighted by Gasteiger charge is -2.32. The Morgan fingerprint density at radius 3 is 2.67 bits per heavy atom. The van der Waals surface area contributed by atoms with Gasteiger partial charge in [-0.3, -0.25) is 0 Å². The molecule has 1 saturated carbocycles. The minimum absolute atomic E-state index is 0.124. The fourth-order valence-electron chi connectivity index (χ4n) is 3.71. The van der Waals surface area contributed by atoms with Crippen LogP contribution in [0.25, 0.3) is 20.3 Å². The van der Waals surface area contributed by atoms with E-state index >= 15 is 0 Å². The summed E-state index contributed by atoms with van der Waals surface area (Å²) in [6, 6.07) is 6.11. The van der Waals surface area contributed by atoms with Crippen molar-refractivity contribution in [1.82, 2.24) is 14.9 Å². The van der Waals surface area contributed by atoms with Crippen molar-refractivity contribution >= 4 is 37.7 Å². The summed E-state index contributed by atoms with van der Waals surface area (Å²) in [5.74, 6) is 0.947. The number of amides is 1. The Hall–Kier alpha value is -2.45. The van der Waals surface area contributed by atoms with E-state index in [2.05, 4.69) is 29.0 Å². The number of ether oxygens (including phenoxy) is 2. The van der Waals surface area contributed by atoms with Gasteiger partial charge in [0, 0.05) is 10.7 Å². The maximum atomic E-state index is 11.3. The lowest BCUT2D eigenvalue weighted by Crippen LogP contribution is -2.35. The van der Waals surface area contributed by atoms with Crippen LogP contribution in [0.5, 0.6) is 11.6 Å². The van der Waals surface area contributed by atoms with Crippen molar-refractivity contribution in [2.75, 3.05) is 14.1 Å². The minimum Gasteiger partial charge on any atom is -0.474 e. The lowest BCUT2D eigenvalue weighted by molar-refractivity contribution is 0.108. The summed E-state index contributed by atoms with van der Waals surface area (Å²) in [5.41, 5.74) is 5.23. The predicted octanol–water partition coefficient (Wildman–Crippen LogP) is 3.55. The molecule has 4 rings (SSSR count). The molecule has 0 unspecified atom stereocenters. The van der Waals surface area contributed by atoms with Crippen molar-refractivity contribution in [2.45, 2.75) is 37.8 Å². The van der Waals surface area contributed by atoms with Gasteiger partial charge in [0.05, 0.1) is 10.8 Å². The number of primary amides is 1. The molecule has 1 aromatic carbocycles. The van der Waals surface area contributed by atoms with E-state index in [9.17, 15) is 4.79 Å². The maximum Gasteiger partial charge on any atom is 0.409 e. The Balaban J connectivity index is 1.70. The summed E-state index contributed by atoms with van der Waals surface area (Å²) in [5, 5.41) is 1.55. The molecule has 142 valence electrons. The lowest BCUT2D eigenvalue weighted by atomic mass is 9.92. The van der Waals surface area contributed by atoms with Crippen LogP contribution in [0.2, 0.25) is 0 Å². The second-order valence-electron chi connectivity index (χ2n) is 7.02. The first-order valence-corrected chi connectivity index (χ1v) is 9.81. The number of nitrogens with two attached hydrogens (primary N) is 1. The van der Waals surface area contributed by atoms with Crippen molar-refractivity contribution in [3.05, 3.63) is 24.5 Å². The Morgan fingerprint density at radius 2 is 1.96 bits per heavy atom.